The molecule has 10 bridgehead atoms. The van der Waals surface area contributed by atoms with Crippen molar-refractivity contribution in [3.8, 4) is 23.0 Å². The maximum atomic E-state index is 6.68. The van der Waals surface area contributed by atoms with Crippen LogP contribution in [-0.4, -0.2) is 49.5 Å². The number of fused-ring (bicyclic) bond motifs is 2. The molecule has 1 aliphatic heterocycles. The van der Waals surface area contributed by atoms with Crippen molar-refractivity contribution in [2.45, 2.75) is 58.8 Å². The zero-order valence-electron chi connectivity index (χ0n) is 28.6. The molecule has 0 saturated carbocycles. The summed E-state index contributed by atoms with van der Waals surface area (Å²) in [5, 5.41) is 6.74. The molecule has 256 valence electrons. The zero-order valence-corrected chi connectivity index (χ0v) is 30.2. The summed E-state index contributed by atoms with van der Waals surface area (Å²) in [7, 11) is 0. The lowest BCUT2D eigenvalue weighted by atomic mass is 9.91. The third kappa shape index (κ3) is 8.72. The van der Waals surface area contributed by atoms with Crippen molar-refractivity contribution < 1.29 is 18.9 Å². The Morgan fingerprint density at radius 2 is 0.857 bits per heavy atom. The number of hydrogen-bond acceptors (Lipinski definition) is 6. The highest BCUT2D eigenvalue weighted by Crippen LogP contribution is 2.39. The molecule has 0 spiro atoms. The molecule has 0 amide bonds. The maximum Gasteiger partial charge on any atom is 0.138 e. The molecule has 4 aromatic carbocycles. The zero-order chi connectivity index (χ0) is 34.0. The minimum atomic E-state index is 0.287. The van der Waals surface area contributed by atoms with Gasteiger partial charge in [-0.1, -0.05) is 111 Å². The third-order valence-electron chi connectivity index (χ3n) is 8.83. The van der Waals surface area contributed by atoms with Crippen LogP contribution in [0.25, 0.3) is 0 Å². The van der Waals surface area contributed by atoms with Crippen LogP contribution in [0.4, 0.5) is 0 Å². The van der Waals surface area contributed by atoms with Gasteiger partial charge in [-0.25, -0.2) is 0 Å². The number of benzene rings is 4. The van der Waals surface area contributed by atoms with Gasteiger partial charge in [-0.05, 0) is 63.8 Å². The molecule has 0 radical (unpaired) electrons. The van der Waals surface area contributed by atoms with E-state index < -0.39 is 0 Å². The van der Waals surface area contributed by atoms with Crippen LogP contribution in [0.3, 0.4) is 0 Å². The van der Waals surface area contributed by atoms with Gasteiger partial charge in [0, 0.05) is 38.8 Å². The summed E-state index contributed by atoms with van der Waals surface area (Å²) in [6, 6.07) is 25.9. The van der Waals surface area contributed by atoms with Crippen LogP contribution >= 0.6 is 24.4 Å². The summed E-state index contributed by atoms with van der Waals surface area (Å²) < 4.78 is 26.5. The average molecular weight is 695 g/mol. The molecule has 2 N–H and O–H groups in total. The first-order valence-electron chi connectivity index (χ1n) is 17.5. The summed E-state index contributed by atoms with van der Waals surface area (Å²) in [4.78, 5) is 1.34. The monoisotopic (exact) mass is 694 g/mol. The quantitative estimate of drug-likeness (QED) is 0.174. The number of thiocarbonyl (C=S) groups is 2. The molecular weight excluding hydrogens is 649 g/mol. The van der Waals surface area contributed by atoms with Crippen molar-refractivity contribution >= 4 is 34.4 Å². The fraction of sp³-hybridized carbons (Fsp3) is 0.366. The van der Waals surface area contributed by atoms with Crippen LogP contribution in [0, 0.1) is 0 Å². The van der Waals surface area contributed by atoms with E-state index in [4.69, 9.17) is 43.4 Å². The lowest BCUT2D eigenvalue weighted by Crippen LogP contribution is -2.33. The number of hydrogen-bond donors (Lipinski definition) is 2. The van der Waals surface area contributed by atoms with Crippen molar-refractivity contribution in [3.05, 3.63) is 117 Å². The Morgan fingerprint density at radius 1 is 0.531 bits per heavy atom. The van der Waals surface area contributed by atoms with E-state index in [2.05, 4.69) is 97.3 Å². The Labute approximate surface area is 301 Å². The van der Waals surface area contributed by atoms with E-state index in [1.54, 1.807) is 0 Å². The van der Waals surface area contributed by atoms with E-state index in [0.29, 0.717) is 48.9 Å². The summed E-state index contributed by atoms with van der Waals surface area (Å²) in [5.74, 6) is 3.57. The number of rotatable bonds is 6. The van der Waals surface area contributed by atoms with Crippen molar-refractivity contribution in [2.75, 3.05) is 39.5 Å². The van der Waals surface area contributed by atoms with E-state index in [1.807, 2.05) is 0 Å². The molecule has 6 rings (SSSR count). The van der Waals surface area contributed by atoms with E-state index >= 15 is 0 Å². The first-order chi connectivity index (χ1) is 24.0. The first-order valence-corrected chi connectivity index (χ1v) is 18.3. The molecule has 8 heteroatoms. The summed E-state index contributed by atoms with van der Waals surface area (Å²) in [6.45, 7) is 7.55. The topological polar surface area (TPSA) is 61.0 Å². The van der Waals surface area contributed by atoms with E-state index in [1.165, 1.54) is 0 Å². The van der Waals surface area contributed by atoms with Crippen LogP contribution in [-0.2, 0) is 25.7 Å². The highest BCUT2D eigenvalue weighted by atomic mass is 32.1. The van der Waals surface area contributed by atoms with Crippen molar-refractivity contribution in [1.29, 1.82) is 0 Å². The molecule has 1 heterocycles. The van der Waals surface area contributed by atoms with Crippen LogP contribution in [0.15, 0.2) is 72.8 Å². The maximum absolute atomic E-state index is 6.68. The largest absolute Gasteiger partial charge is 0.493 e. The van der Waals surface area contributed by atoms with Gasteiger partial charge in [0.2, 0.25) is 0 Å². The molecule has 6 nitrogen and oxygen atoms in total. The molecular formula is C41H46N2O4S2. The van der Waals surface area contributed by atoms with Gasteiger partial charge >= 0.3 is 0 Å². The number of ether oxygens (including phenoxy) is 4. The average Bonchev–Trinajstić information content (AvgIpc) is 3.09. The van der Waals surface area contributed by atoms with Crippen molar-refractivity contribution in [2.24, 2.45) is 0 Å². The van der Waals surface area contributed by atoms with Gasteiger partial charge in [-0.15, -0.1) is 0 Å². The molecule has 0 fully saturated rings. The highest BCUT2D eigenvalue weighted by Gasteiger charge is 2.22. The molecule has 2 aliphatic rings. The van der Waals surface area contributed by atoms with Crippen molar-refractivity contribution in [3.63, 3.8) is 0 Å². The SMILES string of the molecule is CCCOc1c2cccc1Cc1cccc3c1OCC(=S)NCCCNC(=S)COc1c(cccc1Cc1cccc(c1OCCC)C3)C2. The van der Waals surface area contributed by atoms with E-state index in [-0.39, 0.29) is 13.2 Å². The van der Waals surface area contributed by atoms with Gasteiger partial charge in [0.05, 0.1) is 13.2 Å². The molecule has 0 aromatic heterocycles. The Hall–Kier alpha value is -4.14. The Morgan fingerprint density at radius 3 is 1.18 bits per heavy atom. The van der Waals surface area contributed by atoms with E-state index in [0.717, 1.165) is 99.9 Å². The fourth-order valence-corrected chi connectivity index (χ4v) is 6.88. The molecule has 49 heavy (non-hydrogen) atoms. The minimum absolute atomic E-state index is 0.287. The molecule has 0 saturated heterocycles. The second kappa shape index (κ2) is 17.0. The van der Waals surface area contributed by atoms with Gasteiger partial charge in [0.15, 0.2) is 0 Å². The van der Waals surface area contributed by atoms with Crippen LogP contribution < -0.4 is 29.6 Å². The van der Waals surface area contributed by atoms with Crippen molar-refractivity contribution in [1.82, 2.24) is 10.6 Å². The lowest BCUT2D eigenvalue weighted by molar-refractivity contribution is 0.311. The second-order valence-corrected chi connectivity index (χ2v) is 13.6. The van der Waals surface area contributed by atoms with Crippen LogP contribution in [0.2, 0.25) is 0 Å². The fourth-order valence-electron chi connectivity index (χ4n) is 6.56. The van der Waals surface area contributed by atoms with Gasteiger partial charge in [-0.3, -0.25) is 0 Å². The Balaban J connectivity index is 1.59. The smallest absolute Gasteiger partial charge is 0.138 e. The van der Waals surface area contributed by atoms with Gasteiger partial charge in [-0.2, -0.15) is 0 Å². The molecule has 4 aromatic rings. The number of para-hydroxylation sites is 4. The minimum Gasteiger partial charge on any atom is -0.493 e. The van der Waals surface area contributed by atoms with Crippen LogP contribution in [0.5, 0.6) is 23.0 Å². The molecule has 0 unspecified atom stereocenters. The number of nitrogens with one attached hydrogen (secondary N) is 2. The molecule has 1 aliphatic carbocycles. The highest BCUT2D eigenvalue weighted by molar-refractivity contribution is 7.80. The normalized spacial score (nSPS) is 15.1. The summed E-state index contributed by atoms with van der Waals surface area (Å²) in [6.07, 6.45) is 5.29. The van der Waals surface area contributed by atoms with Gasteiger partial charge in [0.1, 0.15) is 46.2 Å². The Kier molecular flexibility index (Phi) is 12.0. The van der Waals surface area contributed by atoms with Crippen LogP contribution in [0.1, 0.15) is 77.6 Å². The standard InChI is InChI=1S/C41H46N2O4S2/c1-3-20-44-38-28-10-5-11-29(38)23-33-15-8-17-35-25-31-13-6-12-30(39(31)45-21-4-2)24-34-16-7-14-32(22-28)40(34)46-26-36(48)42-18-9-19-43-37(49)27-47-41(33)35/h5-8,10-17H,3-4,9,18-27H2,1-2H3,(H,42,48)(H,43,49). The Bertz CT molecular complexity index is 1580. The van der Waals surface area contributed by atoms with Gasteiger partial charge < -0.3 is 29.6 Å². The predicted molar refractivity (Wildman–Crippen MR) is 205 cm³/mol. The first kappa shape index (κ1) is 34.7. The predicted octanol–water partition coefficient (Wildman–Crippen LogP) is 7.94. The summed E-state index contributed by atoms with van der Waals surface area (Å²) >= 11 is 11.5. The third-order valence-corrected chi connectivity index (χ3v) is 9.35. The van der Waals surface area contributed by atoms with E-state index in [9.17, 15) is 0 Å². The summed E-state index contributed by atoms with van der Waals surface area (Å²) in [5.41, 5.74) is 8.85. The molecule has 0 atom stereocenters. The second-order valence-electron chi connectivity index (χ2n) is 12.7. The van der Waals surface area contributed by atoms with Gasteiger partial charge in [0.25, 0.3) is 0 Å². The lowest BCUT2D eigenvalue weighted by Gasteiger charge is -2.23.